The van der Waals surface area contributed by atoms with Gasteiger partial charge in [-0.25, -0.2) is 4.98 Å². The highest BCUT2D eigenvalue weighted by molar-refractivity contribution is 9.10. The number of methoxy groups -OCH3 is 1. The lowest BCUT2D eigenvalue weighted by Crippen LogP contribution is -2.26. The fraction of sp³-hybridized carbons (Fsp3) is 0.462. The monoisotopic (exact) mass is 313 g/mol. The molecule has 4 nitrogen and oxygen atoms in total. The van der Waals surface area contributed by atoms with Crippen LogP contribution in [0.25, 0.3) is 0 Å². The summed E-state index contributed by atoms with van der Waals surface area (Å²) in [6.45, 7) is 3.72. The van der Waals surface area contributed by atoms with Crippen molar-refractivity contribution < 1.29 is 14.3 Å². The minimum atomic E-state index is -0.773. The third-order valence-electron chi connectivity index (χ3n) is 2.60. The molecule has 0 amide bonds. The van der Waals surface area contributed by atoms with E-state index in [1.54, 1.807) is 19.1 Å². The number of ketones is 1. The molecule has 1 heterocycles. The summed E-state index contributed by atoms with van der Waals surface area (Å²) in [5.41, 5.74) is 1.03. The van der Waals surface area contributed by atoms with Crippen molar-refractivity contribution in [2.75, 3.05) is 7.11 Å². The number of Topliss-reactive ketones (excluding diaryl/α,β-unsaturated/α-hetero) is 1. The number of carbonyl (C=O) groups is 2. The van der Waals surface area contributed by atoms with E-state index in [2.05, 4.69) is 25.7 Å². The zero-order valence-electron chi connectivity index (χ0n) is 10.7. The number of esters is 1. The number of nitrogens with zero attached hydrogens (tertiary/aromatic N) is 1. The predicted octanol–water partition coefficient (Wildman–Crippen LogP) is 2.92. The Morgan fingerprint density at radius 1 is 1.44 bits per heavy atom. The lowest BCUT2D eigenvalue weighted by molar-refractivity contribution is -0.143. The number of rotatable bonds is 5. The van der Waals surface area contributed by atoms with Crippen molar-refractivity contribution in [3.8, 4) is 0 Å². The SMILES string of the molecule is CCCC(C(=O)OC)C(=O)c1nc(C)ccc1Br. The van der Waals surface area contributed by atoms with Crippen molar-refractivity contribution in [3.63, 3.8) is 0 Å². The standard InChI is InChI=1S/C13H16BrNO3/c1-4-5-9(13(17)18-3)12(16)11-10(14)7-6-8(2)15-11/h6-7,9H,4-5H2,1-3H3. The molecule has 0 aliphatic heterocycles. The van der Waals surface area contributed by atoms with E-state index in [1.807, 2.05) is 6.92 Å². The quantitative estimate of drug-likeness (QED) is 0.476. The molecule has 1 aromatic rings. The highest BCUT2D eigenvalue weighted by Gasteiger charge is 2.29. The van der Waals surface area contributed by atoms with Crippen LogP contribution in [0.15, 0.2) is 16.6 Å². The molecule has 0 saturated carbocycles. The molecule has 0 aromatic carbocycles. The highest BCUT2D eigenvalue weighted by Crippen LogP contribution is 2.21. The molecule has 0 aliphatic carbocycles. The first-order chi connectivity index (χ1) is 8.51. The first-order valence-electron chi connectivity index (χ1n) is 5.76. The lowest BCUT2D eigenvalue weighted by atomic mass is 9.96. The van der Waals surface area contributed by atoms with Crippen molar-refractivity contribution in [1.29, 1.82) is 0 Å². The highest BCUT2D eigenvalue weighted by atomic mass is 79.9. The van der Waals surface area contributed by atoms with Gasteiger partial charge >= 0.3 is 5.97 Å². The fourth-order valence-corrected chi connectivity index (χ4v) is 2.08. The molecule has 0 bridgehead atoms. The number of aryl methyl sites for hydroxylation is 1. The fourth-order valence-electron chi connectivity index (χ4n) is 1.66. The Balaban J connectivity index is 3.09. The molecule has 5 heteroatoms. The van der Waals surface area contributed by atoms with Crippen LogP contribution in [0.5, 0.6) is 0 Å². The molecule has 1 rings (SSSR count). The number of aromatic nitrogens is 1. The number of hydrogen-bond donors (Lipinski definition) is 0. The van der Waals surface area contributed by atoms with Gasteiger partial charge in [-0.3, -0.25) is 9.59 Å². The van der Waals surface area contributed by atoms with Crippen molar-refractivity contribution >= 4 is 27.7 Å². The maximum Gasteiger partial charge on any atom is 0.316 e. The smallest absolute Gasteiger partial charge is 0.316 e. The van der Waals surface area contributed by atoms with Gasteiger partial charge in [0.05, 0.1) is 7.11 Å². The summed E-state index contributed by atoms with van der Waals surface area (Å²) in [6, 6.07) is 3.56. The molecule has 0 N–H and O–H groups in total. The van der Waals surface area contributed by atoms with Gasteiger partial charge in [-0.1, -0.05) is 13.3 Å². The van der Waals surface area contributed by atoms with Crippen molar-refractivity contribution in [3.05, 3.63) is 28.0 Å². The Hall–Kier alpha value is -1.23. The van der Waals surface area contributed by atoms with E-state index < -0.39 is 11.9 Å². The average molecular weight is 314 g/mol. The van der Waals surface area contributed by atoms with E-state index in [0.29, 0.717) is 16.6 Å². The molecule has 18 heavy (non-hydrogen) atoms. The van der Waals surface area contributed by atoms with Gasteiger partial charge in [-0.15, -0.1) is 0 Å². The molecular formula is C13H16BrNO3. The summed E-state index contributed by atoms with van der Waals surface area (Å²) in [5, 5.41) is 0. The first kappa shape index (κ1) is 14.8. The van der Waals surface area contributed by atoms with Gasteiger partial charge < -0.3 is 4.74 Å². The summed E-state index contributed by atoms with van der Waals surface area (Å²) in [7, 11) is 1.29. The van der Waals surface area contributed by atoms with Gasteiger partial charge in [-0.05, 0) is 41.4 Å². The maximum atomic E-state index is 12.3. The van der Waals surface area contributed by atoms with E-state index in [-0.39, 0.29) is 5.78 Å². The summed E-state index contributed by atoms with van der Waals surface area (Å²) in [5.74, 6) is -1.57. The largest absolute Gasteiger partial charge is 0.468 e. The minimum Gasteiger partial charge on any atom is -0.468 e. The van der Waals surface area contributed by atoms with Gasteiger partial charge in [0.15, 0.2) is 5.78 Å². The number of ether oxygens (including phenoxy) is 1. The van der Waals surface area contributed by atoms with E-state index in [1.165, 1.54) is 7.11 Å². The van der Waals surface area contributed by atoms with E-state index in [9.17, 15) is 9.59 Å². The van der Waals surface area contributed by atoms with Crippen molar-refractivity contribution in [2.45, 2.75) is 26.7 Å². The van der Waals surface area contributed by atoms with Crippen LogP contribution in [-0.2, 0) is 9.53 Å². The van der Waals surface area contributed by atoms with Gasteiger partial charge in [-0.2, -0.15) is 0 Å². The topological polar surface area (TPSA) is 56.3 Å². The summed E-state index contributed by atoms with van der Waals surface area (Å²) in [6.07, 6.45) is 1.20. The molecule has 0 spiro atoms. The normalized spacial score (nSPS) is 12.0. The molecule has 0 aliphatic rings. The maximum absolute atomic E-state index is 12.3. The predicted molar refractivity (Wildman–Crippen MR) is 71.4 cm³/mol. The Bertz CT molecular complexity index is 460. The molecule has 1 aromatic heterocycles. The summed E-state index contributed by atoms with van der Waals surface area (Å²) >= 11 is 3.29. The van der Waals surface area contributed by atoms with Gasteiger partial charge in [0, 0.05) is 10.2 Å². The second-order valence-corrected chi connectivity index (χ2v) is 4.87. The second-order valence-electron chi connectivity index (χ2n) is 4.01. The van der Waals surface area contributed by atoms with Gasteiger partial charge in [0.2, 0.25) is 0 Å². The van der Waals surface area contributed by atoms with Crippen LogP contribution in [0.2, 0.25) is 0 Å². The van der Waals surface area contributed by atoms with E-state index >= 15 is 0 Å². The number of hydrogen-bond acceptors (Lipinski definition) is 4. The Morgan fingerprint density at radius 2 is 2.11 bits per heavy atom. The molecular weight excluding hydrogens is 298 g/mol. The average Bonchev–Trinajstić information content (AvgIpc) is 2.37. The zero-order chi connectivity index (χ0) is 13.7. The van der Waals surface area contributed by atoms with Crippen LogP contribution in [0.1, 0.15) is 35.9 Å². The van der Waals surface area contributed by atoms with Crippen LogP contribution in [-0.4, -0.2) is 23.8 Å². The Kier molecular flexibility index (Phi) is 5.47. The molecule has 1 unspecified atom stereocenters. The van der Waals surface area contributed by atoms with E-state index in [0.717, 1.165) is 12.1 Å². The molecule has 0 saturated heterocycles. The van der Waals surface area contributed by atoms with Gasteiger partial charge in [0.1, 0.15) is 11.6 Å². The number of carbonyl (C=O) groups excluding carboxylic acids is 2. The van der Waals surface area contributed by atoms with Crippen LogP contribution in [0.4, 0.5) is 0 Å². The lowest BCUT2D eigenvalue weighted by Gasteiger charge is -2.13. The van der Waals surface area contributed by atoms with Crippen LogP contribution < -0.4 is 0 Å². The van der Waals surface area contributed by atoms with Crippen molar-refractivity contribution in [2.24, 2.45) is 5.92 Å². The molecule has 1 atom stereocenters. The summed E-state index contributed by atoms with van der Waals surface area (Å²) in [4.78, 5) is 28.1. The molecule has 0 radical (unpaired) electrons. The zero-order valence-corrected chi connectivity index (χ0v) is 12.3. The third-order valence-corrected chi connectivity index (χ3v) is 3.24. The number of halogens is 1. The van der Waals surface area contributed by atoms with Crippen molar-refractivity contribution in [1.82, 2.24) is 4.98 Å². The third kappa shape index (κ3) is 3.38. The first-order valence-corrected chi connectivity index (χ1v) is 6.55. The van der Waals surface area contributed by atoms with Gasteiger partial charge in [0.25, 0.3) is 0 Å². The Morgan fingerprint density at radius 3 is 2.67 bits per heavy atom. The van der Waals surface area contributed by atoms with Crippen LogP contribution in [0.3, 0.4) is 0 Å². The molecule has 0 fully saturated rings. The Labute approximate surface area is 115 Å². The summed E-state index contributed by atoms with van der Waals surface area (Å²) < 4.78 is 5.27. The van der Waals surface area contributed by atoms with Crippen LogP contribution >= 0.6 is 15.9 Å². The second kappa shape index (κ2) is 6.64. The minimum absolute atomic E-state index is 0.291. The molecule has 98 valence electrons. The van der Waals surface area contributed by atoms with Crippen LogP contribution in [0, 0.1) is 12.8 Å². The van der Waals surface area contributed by atoms with E-state index in [4.69, 9.17) is 0 Å². The number of pyridine rings is 1.